The number of anilines is 1. The molecule has 1 N–H and O–H groups in total. The van der Waals surface area contributed by atoms with Crippen molar-refractivity contribution >= 4 is 23.1 Å². The van der Waals surface area contributed by atoms with Gasteiger partial charge in [-0.25, -0.2) is 0 Å². The lowest BCUT2D eigenvalue weighted by atomic mass is 10.0. The number of rotatable bonds is 7. The van der Waals surface area contributed by atoms with Crippen LogP contribution in [-0.4, -0.2) is 37.5 Å². The number of imide groups is 1. The van der Waals surface area contributed by atoms with Gasteiger partial charge < -0.3 is 14.8 Å². The van der Waals surface area contributed by atoms with Gasteiger partial charge in [-0.2, -0.15) is 0 Å². The van der Waals surface area contributed by atoms with Gasteiger partial charge in [-0.1, -0.05) is 38.1 Å². The Morgan fingerprint density at radius 3 is 2.32 bits per heavy atom. The summed E-state index contributed by atoms with van der Waals surface area (Å²) in [6.45, 7) is 4.77. The summed E-state index contributed by atoms with van der Waals surface area (Å²) < 4.78 is 11.0. The molecule has 2 amide bonds. The number of hydrogen-bond acceptors (Lipinski definition) is 5. The SMILES string of the molecule is COc1ccccc1NC1=C(c2ccc(OCC(C)C)cc2)C(=O)N(C)C1=O. The van der Waals surface area contributed by atoms with Crippen LogP contribution in [0.5, 0.6) is 11.5 Å². The largest absolute Gasteiger partial charge is 0.495 e. The lowest BCUT2D eigenvalue weighted by Crippen LogP contribution is -2.27. The third-order valence-corrected chi connectivity index (χ3v) is 4.38. The Balaban J connectivity index is 1.96. The molecule has 0 aromatic heterocycles. The molecule has 146 valence electrons. The summed E-state index contributed by atoms with van der Waals surface area (Å²) in [5, 5.41) is 3.09. The molecule has 0 unspecified atom stereocenters. The van der Waals surface area contributed by atoms with Crippen LogP contribution < -0.4 is 14.8 Å². The molecule has 28 heavy (non-hydrogen) atoms. The smallest absolute Gasteiger partial charge is 0.277 e. The molecule has 0 bridgehead atoms. The van der Waals surface area contributed by atoms with Crippen molar-refractivity contribution in [2.45, 2.75) is 13.8 Å². The average Bonchev–Trinajstić information content (AvgIpc) is 2.91. The fraction of sp³-hybridized carbons (Fsp3) is 0.273. The van der Waals surface area contributed by atoms with E-state index in [-0.39, 0.29) is 17.5 Å². The molecule has 1 aliphatic heterocycles. The van der Waals surface area contributed by atoms with Crippen LogP contribution in [0.3, 0.4) is 0 Å². The van der Waals surface area contributed by atoms with E-state index in [1.165, 1.54) is 7.05 Å². The number of amides is 2. The van der Waals surface area contributed by atoms with Crippen LogP contribution in [0.25, 0.3) is 5.57 Å². The number of carbonyl (C=O) groups is 2. The van der Waals surface area contributed by atoms with Gasteiger partial charge in [0.15, 0.2) is 0 Å². The number of methoxy groups -OCH3 is 1. The molecule has 6 nitrogen and oxygen atoms in total. The molecule has 0 fully saturated rings. The van der Waals surface area contributed by atoms with Gasteiger partial charge in [0, 0.05) is 7.05 Å². The maximum absolute atomic E-state index is 12.7. The van der Waals surface area contributed by atoms with E-state index in [1.54, 1.807) is 31.4 Å². The molecule has 3 rings (SSSR count). The average molecular weight is 380 g/mol. The minimum absolute atomic E-state index is 0.229. The standard InChI is InChI=1S/C22H24N2O4/c1-14(2)13-28-16-11-9-15(10-12-16)19-20(22(26)24(3)21(19)25)23-17-7-5-6-8-18(17)27-4/h5-12,14,23H,13H2,1-4H3. The molecule has 1 heterocycles. The summed E-state index contributed by atoms with van der Waals surface area (Å²) in [6, 6.07) is 14.4. The number of carbonyl (C=O) groups excluding carboxylic acids is 2. The van der Waals surface area contributed by atoms with Gasteiger partial charge >= 0.3 is 0 Å². The minimum atomic E-state index is -0.383. The Bertz CT molecular complexity index is 916. The van der Waals surface area contributed by atoms with Gasteiger partial charge in [0.05, 0.1) is 25.0 Å². The van der Waals surface area contributed by atoms with E-state index < -0.39 is 0 Å². The fourth-order valence-corrected chi connectivity index (χ4v) is 2.89. The predicted octanol–water partition coefficient (Wildman–Crippen LogP) is 3.55. The van der Waals surface area contributed by atoms with Crippen LogP contribution in [0, 0.1) is 5.92 Å². The number of likely N-dealkylation sites (N-methyl/N-ethyl adjacent to an activating group) is 1. The number of ether oxygens (including phenoxy) is 2. The second-order valence-electron chi connectivity index (χ2n) is 6.97. The zero-order valence-corrected chi connectivity index (χ0v) is 16.5. The molecule has 0 spiro atoms. The number of hydrogen-bond donors (Lipinski definition) is 1. The van der Waals surface area contributed by atoms with Crippen molar-refractivity contribution in [2.24, 2.45) is 5.92 Å². The highest BCUT2D eigenvalue weighted by atomic mass is 16.5. The van der Waals surface area contributed by atoms with Gasteiger partial charge in [-0.15, -0.1) is 0 Å². The molecule has 0 saturated carbocycles. The van der Waals surface area contributed by atoms with Crippen molar-refractivity contribution in [3.63, 3.8) is 0 Å². The third kappa shape index (κ3) is 3.86. The van der Waals surface area contributed by atoms with Gasteiger partial charge in [0.2, 0.25) is 0 Å². The molecular formula is C22H24N2O4. The van der Waals surface area contributed by atoms with E-state index in [2.05, 4.69) is 19.2 Å². The van der Waals surface area contributed by atoms with Crippen LogP contribution in [0.1, 0.15) is 19.4 Å². The summed E-state index contributed by atoms with van der Waals surface area (Å²) in [5.41, 5.74) is 1.82. The van der Waals surface area contributed by atoms with Crippen LogP contribution in [-0.2, 0) is 9.59 Å². The van der Waals surface area contributed by atoms with E-state index in [9.17, 15) is 9.59 Å². The zero-order valence-electron chi connectivity index (χ0n) is 16.5. The number of para-hydroxylation sites is 2. The Kier molecular flexibility index (Phi) is 5.68. The Morgan fingerprint density at radius 1 is 1.00 bits per heavy atom. The van der Waals surface area contributed by atoms with Crippen molar-refractivity contribution in [3.05, 3.63) is 59.8 Å². The second kappa shape index (κ2) is 8.17. The monoisotopic (exact) mass is 380 g/mol. The Hall–Kier alpha value is -3.28. The van der Waals surface area contributed by atoms with Crippen molar-refractivity contribution < 1.29 is 19.1 Å². The summed E-state index contributed by atoms with van der Waals surface area (Å²) in [4.78, 5) is 26.5. The van der Waals surface area contributed by atoms with E-state index in [0.29, 0.717) is 35.1 Å². The number of benzene rings is 2. The molecule has 0 saturated heterocycles. The Morgan fingerprint density at radius 2 is 1.68 bits per heavy atom. The summed E-state index contributed by atoms with van der Waals surface area (Å²) in [7, 11) is 3.03. The zero-order chi connectivity index (χ0) is 20.3. The van der Waals surface area contributed by atoms with Gasteiger partial charge in [0.25, 0.3) is 11.8 Å². The lowest BCUT2D eigenvalue weighted by Gasteiger charge is -2.12. The molecule has 0 radical (unpaired) electrons. The van der Waals surface area contributed by atoms with Crippen molar-refractivity contribution in [2.75, 3.05) is 26.1 Å². The van der Waals surface area contributed by atoms with E-state index >= 15 is 0 Å². The van der Waals surface area contributed by atoms with Crippen molar-refractivity contribution in [1.82, 2.24) is 4.90 Å². The maximum Gasteiger partial charge on any atom is 0.277 e. The third-order valence-electron chi connectivity index (χ3n) is 4.38. The van der Waals surface area contributed by atoms with Crippen molar-refractivity contribution in [1.29, 1.82) is 0 Å². The quantitative estimate of drug-likeness (QED) is 0.744. The molecule has 0 aliphatic carbocycles. The van der Waals surface area contributed by atoms with Crippen LogP contribution in [0.4, 0.5) is 5.69 Å². The van der Waals surface area contributed by atoms with Gasteiger partial charge in [-0.05, 0) is 35.7 Å². The summed E-state index contributed by atoms with van der Waals surface area (Å²) in [6.07, 6.45) is 0. The normalized spacial score (nSPS) is 14.1. The van der Waals surface area contributed by atoms with Crippen LogP contribution in [0.2, 0.25) is 0 Å². The molecular weight excluding hydrogens is 356 g/mol. The predicted molar refractivity (Wildman–Crippen MR) is 108 cm³/mol. The molecule has 1 aliphatic rings. The minimum Gasteiger partial charge on any atom is -0.495 e. The van der Waals surface area contributed by atoms with E-state index in [0.717, 1.165) is 10.6 Å². The number of nitrogens with one attached hydrogen (secondary N) is 1. The highest BCUT2D eigenvalue weighted by molar-refractivity contribution is 6.36. The van der Waals surface area contributed by atoms with Gasteiger partial charge in [-0.3, -0.25) is 14.5 Å². The molecule has 6 heteroatoms. The van der Waals surface area contributed by atoms with Crippen LogP contribution >= 0.6 is 0 Å². The summed E-state index contributed by atoms with van der Waals surface area (Å²) >= 11 is 0. The Labute approximate surface area is 164 Å². The van der Waals surface area contributed by atoms with Crippen molar-refractivity contribution in [3.8, 4) is 11.5 Å². The highest BCUT2D eigenvalue weighted by Crippen LogP contribution is 2.33. The second-order valence-corrected chi connectivity index (χ2v) is 6.97. The highest BCUT2D eigenvalue weighted by Gasteiger charge is 2.37. The topological polar surface area (TPSA) is 67.9 Å². The maximum atomic E-state index is 12.7. The summed E-state index contributed by atoms with van der Waals surface area (Å²) in [5.74, 6) is 0.995. The van der Waals surface area contributed by atoms with Crippen LogP contribution in [0.15, 0.2) is 54.2 Å². The molecule has 2 aromatic carbocycles. The lowest BCUT2D eigenvalue weighted by molar-refractivity contribution is -0.135. The first kappa shape index (κ1) is 19.5. The fourth-order valence-electron chi connectivity index (χ4n) is 2.89. The van der Waals surface area contributed by atoms with E-state index in [4.69, 9.17) is 9.47 Å². The first-order chi connectivity index (χ1) is 13.4. The first-order valence-electron chi connectivity index (χ1n) is 9.12. The van der Waals surface area contributed by atoms with Gasteiger partial charge in [0.1, 0.15) is 17.2 Å². The van der Waals surface area contributed by atoms with E-state index in [1.807, 2.05) is 24.3 Å². The first-order valence-corrected chi connectivity index (χ1v) is 9.12. The number of nitrogens with zero attached hydrogens (tertiary/aromatic N) is 1. The molecule has 2 aromatic rings. The molecule has 0 atom stereocenters.